The molecule has 0 unspecified atom stereocenters. The molecule has 1 aromatic rings. The zero-order chi connectivity index (χ0) is 21.5. The highest BCUT2D eigenvalue weighted by atomic mass is 16.5. The summed E-state index contributed by atoms with van der Waals surface area (Å²) in [6.07, 6.45) is 12.0. The van der Waals surface area contributed by atoms with E-state index in [1.54, 1.807) is 6.07 Å². The Bertz CT molecular complexity index is 709. The van der Waals surface area contributed by atoms with E-state index in [0.717, 1.165) is 37.9 Å². The van der Waals surface area contributed by atoms with Crippen molar-refractivity contribution in [1.29, 1.82) is 0 Å². The number of unbranched alkanes of at least 4 members (excludes halogenated alkanes) is 2. The lowest BCUT2D eigenvalue weighted by Crippen LogP contribution is -2.17. The number of aliphatic imine (C=N–C) groups is 1. The van der Waals surface area contributed by atoms with Gasteiger partial charge < -0.3 is 20.7 Å². The third-order valence-electron chi connectivity index (χ3n) is 3.91. The molecule has 29 heavy (non-hydrogen) atoms. The van der Waals surface area contributed by atoms with Gasteiger partial charge in [-0.05, 0) is 38.6 Å². The fourth-order valence-corrected chi connectivity index (χ4v) is 2.47. The lowest BCUT2D eigenvalue weighted by molar-refractivity contribution is 0.427. The maximum atomic E-state index is 5.80. The first-order valence-electron chi connectivity index (χ1n) is 10.2. The van der Waals surface area contributed by atoms with Crippen LogP contribution < -0.4 is 15.8 Å². The molecule has 0 amide bonds. The van der Waals surface area contributed by atoms with Crippen molar-refractivity contribution in [1.82, 2.24) is 20.2 Å². The normalized spacial score (nSPS) is 12.4. The van der Waals surface area contributed by atoms with Gasteiger partial charge in [-0.3, -0.25) is 4.99 Å². The zero-order valence-electron chi connectivity index (χ0n) is 18.3. The highest BCUT2D eigenvalue weighted by Gasteiger charge is 2.04. The van der Waals surface area contributed by atoms with Gasteiger partial charge in [-0.25, -0.2) is 4.98 Å². The quantitative estimate of drug-likeness (QED) is 0.214. The Hall–Kier alpha value is -2.51. The van der Waals surface area contributed by atoms with Crippen molar-refractivity contribution in [3.63, 3.8) is 0 Å². The van der Waals surface area contributed by atoms with Crippen LogP contribution in [0.3, 0.4) is 0 Å². The van der Waals surface area contributed by atoms with Crippen molar-refractivity contribution < 1.29 is 4.74 Å². The van der Waals surface area contributed by atoms with E-state index < -0.39 is 0 Å². The molecular weight excluding hydrogens is 364 g/mol. The Balaban J connectivity index is 2.50. The minimum absolute atomic E-state index is 0.176. The summed E-state index contributed by atoms with van der Waals surface area (Å²) in [7, 11) is 4.11. The minimum Gasteiger partial charge on any atom is -0.439 e. The van der Waals surface area contributed by atoms with Crippen LogP contribution in [-0.2, 0) is 6.54 Å². The van der Waals surface area contributed by atoms with Crippen LogP contribution in [0.1, 0.15) is 45.2 Å². The summed E-state index contributed by atoms with van der Waals surface area (Å²) in [5, 5.41) is 3.26. The number of hydrogen-bond donors (Lipinski definition) is 2. The third-order valence-corrected chi connectivity index (χ3v) is 3.91. The minimum atomic E-state index is 0.176. The van der Waals surface area contributed by atoms with Gasteiger partial charge in [0.2, 0.25) is 11.8 Å². The third kappa shape index (κ3) is 11.8. The van der Waals surface area contributed by atoms with Crippen LogP contribution in [0.2, 0.25) is 0 Å². The average molecular weight is 401 g/mol. The SMILES string of the molecule is C=C(/C=C\CCCC)Oc1cc(CNC/C=N/C=C(/CC)CN(C)C)nc(N)n1. The van der Waals surface area contributed by atoms with E-state index >= 15 is 0 Å². The zero-order valence-corrected chi connectivity index (χ0v) is 18.3. The van der Waals surface area contributed by atoms with Crippen LogP contribution in [-0.4, -0.2) is 48.3 Å². The lowest BCUT2D eigenvalue weighted by atomic mass is 10.2. The van der Waals surface area contributed by atoms with Crippen molar-refractivity contribution in [2.75, 3.05) is 32.9 Å². The highest BCUT2D eigenvalue weighted by Crippen LogP contribution is 2.14. The first-order chi connectivity index (χ1) is 13.9. The van der Waals surface area contributed by atoms with Gasteiger partial charge in [-0.15, -0.1) is 0 Å². The standard InChI is InChI=1S/C22H36N6O/c1-6-8-9-10-11-18(3)29-21-14-20(26-22(23)27-21)16-25-13-12-24-15-19(7-2)17-28(4)5/h10-12,14-15,25H,3,6-9,13,16-17H2,1-2,4-5H3,(H2,23,26,27)/b11-10-,19-15-,24-12+. The van der Waals surface area contributed by atoms with Crippen molar-refractivity contribution >= 4 is 12.2 Å². The number of allylic oxidation sites excluding steroid dienone is 2. The molecule has 0 bridgehead atoms. The number of nitrogens with one attached hydrogen (secondary N) is 1. The van der Waals surface area contributed by atoms with Crippen LogP contribution in [0, 0.1) is 0 Å². The second kappa shape index (κ2) is 14.5. The molecule has 1 rings (SSSR count). The molecule has 0 spiro atoms. The lowest BCUT2D eigenvalue weighted by Gasteiger charge is -2.10. The fourth-order valence-electron chi connectivity index (χ4n) is 2.47. The maximum absolute atomic E-state index is 5.80. The average Bonchev–Trinajstić information content (AvgIpc) is 2.66. The van der Waals surface area contributed by atoms with E-state index in [1.165, 1.54) is 5.57 Å². The highest BCUT2D eigenvalue weighted by molar-refractivity contribution is 5.60. The van der Waals surface area contributed by atoms with Gasteiger partial charge in [0.25, 0.3) is 0 Å². The van der Waals surface area contributed by atoms with Crippen molar-refractivity contribution in [2.24, 2.45) is 4.99 Å². The van der Waals surface area contributed by atoms with E-state index in [4.69, 9.17) is 10.5 Å². The number of nitrogens with zero attached hydrogens (tertiary/aromatic N) is 4. The van der Waals surface area contributed by atoms with E-state index in [9.17, 15) is 0 Å². The number of rotatable bonds is 14. The molecule has 0 aliphatic carbocycles. The molecule has 0 aliphatic rings. The van der Waals surface area contributed by atoms with Crippen LogP contribution >= 0.6 is 0 Å². The van der Waals surface area contributed by atoms with Gasteiger partial charge in [0, 0.05) is 38.1 Å². The van der Waals surface area contributed by atoms with Crippen LogP contribution in [0.5, 0.6) is 5.88 Å². The van der Waals surface area contributed by atoms with Gasteiger partial charge in [-0.2, -0.15) is 4.98 Å². The number of ether oxygens (including phenoxy) is 1. The predicted molar refractivity (Wildman–Crippen MR) is 122 cm³/mol. The maximum Gasteiger partial charge on any atom is 0.224 e. The molecule has 0 atom stereocenters. The summed E-state index contributed by atoms with van der Waals surface area (Å²) < 4.78 is 5.65. The topological polar surface area (TPSA) is 88.7 Å². The number of nitrogens with two attached hydrogens (primary N) is 1. The Labute approximate surface area is 175 Å². The van der Waals surface area contributed by atoms with Gasteiger partial charge in [-0.1, -0.05) is 39.3 Å². The summed E-state index contributed by atoms with van der Waals surface area (Å²) in [5.41, 5.74) is 7.84. The van der Waals surface area contributed by atoms with Gasteiger partial charge in [0.05, 0.1) is 5.69 Å². The van der Waals surface area contributed by atoms with E-state index in [0.29, 0.717) is 24.7 Å². The van der Waals surface area contributed by atoms with Gasteiger partial charge in [0.15, 0.2) is 0 Å². The molecule has 1 aromatic heterocycles. The number of aromatic nitrogens is 2. The van der Waals surface area contributed by atoms with Crippen LogP contribution in [0.4, 0.5) is 5.95 Å². The van der Waals surface area contributed by atoms with Crippen molar-refractivity contribution in [3.8, 4) is 5.88 Å². The largest absolute Gasteiger partial charge is 0.439 e. The molecule has 0 radical (unpaired) electrons. The molecule has 3 N–H and O–H groups in total. The molecule has 1 heterocycles. The summed E-state index contributed by atoms with van der Waals surface area (Å²) >= 11 is 0. The number of nitrogen functional groups attached to an aromatic ring is 1. The monoisotopic (exact) mass is 400 g/mol. The van der Waals surface area contributed by atoms with Crippen molar-refractivity contribution in [3.05, 3.63) is 48.0 Å². The second-order valence-electron chi connectivity index (χ2n) is 7.01. The van der Waals surface area contributed by atoms with Crippen LogP contribution in [0.25, 0.3) is 0 Å². The number of anilines is 1. The predicted octanol–water partition coefficient (Wildman–Crippen LogP) is 3.71. The molecule has 7 nitrogen and oxygen atoms in total. The molecule has 0 aromatic carbocycles. The Kier molecular flexibility index (Phi) is 12.2. The number of likely N-dealkylation sites (N-methyl/N-ethyl adjacent to an activating group) is 1. The first-order valence-corrected chi connectivity index (χ1v) is 10.2. The fraction of sp³-hybridized carbons (Fsp3) is 0.500. The molecule has 0 saturated heterocycles. The Morgan fingerprint density at radius 3 is 2.83 bits per heavy atom. The Morgan fingerprint density at radius 1 is 1.34 bits per heavy atom. The van der Waals surface area contributed by atoms with Crippen LogP contribution in [0.15, 0.2) is 47.3 Å². The molecule has 0 saturated carbocycles. The van der Waals surface area contributed by atoms with E-state index in [2.05, 4.69) is 65.8 Å². The molecule has 160 valence electrons. The van der Waals surface area contributed by atoms with Crippen molar-refractivity contribution in [2.45, 2.75) is 46.1 Å². The molecular formula is C22H36N6O. The molecule has 7 heteroatoms. The summed E-state index contributed by atoms with van der Waals surface area (Å²) in [4.78, 5) is 14.8. The molecule has 0 aliphatic heterocycles. The first kappa shape index (κ1) is 24.5. The summed E-state index contributed by atoms with van der Waals surface area (Å²) in [6.45, 7) is 10.3. The van der Waals surface area contributed by atoms with Gasteiger partial charge >= 0.3 is 0 Å². The second-order valence-corrected chi connectivity index (χ2v) is 7.01. The summed E-state index contributed by atoms with van der Waals surface area (Å²) in [5.74, 6) is 1.10. The summed E-state index contributed by atoms with van der Waals surface area (Å²) in [6, 6.07) is 1.76. The van der Waals surface area contributed by atoms with Gasteiger partial charge in [0.1, 0.15) is 5.76 Å². The molecule has 0 fully saturated rings. The number of hydrogen-bond acceptors (Lipinski definition) is 7. The Morgan fingerprint density at radius 2 is 2.14 bits per heavy atom. The van der Waals surface area contributed by atoms with E-state index in [-0.39, 0.29) is 5.95 Å². The van der Waals surface area contributed by atoms with E-state index in [1.807, 2.05) is 18.5 Å². The smallest absolute Gasteiger partial charge is 0.224 e.